The lowest BCUT2D eigenvalue weighted by Gasteiger charge is -2.39. The van der Waals surface area contributed by atoms with Crippen molar-refractivity contribution < 1.29 is 4.79 Å². The Hall–Kier alpha value is -0.530. The SMILES string of the molecule is CC(C)CC1CCC(C)(C(=O)N2CCCCC2C)C1. The largest absolute Gasteiger partial charge is 0.340 e. The molecule has 0 spiro atoms. The van der Waals surface area contributed by atoms with Crippen molar-refractivity contribution in [2.45, 2.75) is 78.7 Å². The highest BCUT2D eigenvalue weighted by Crippen LogP contribution is 2.45. The third-order valence-electron chi connectivity index (χ3n) is 5.23. The molecule has 1 aliphatic heterocycles. The minimum atomic E-state index is -0.0643. The van der Waals surface area contributed by atoms with E-state index in [-0.39, 0.29) is 5.41 Å². The molecule has 2 rings (SSSR count). The van der Waals surface area contributed by atoms with Gasteiger partial charge in [-0.15, -0.1) is 0 Å². The van der Waals surface area contributed by atoms with Gasteiger partial charge in [0, 0.05) is 18.0 Å². The number of rotatable bonds is 3. The van der Waals surface area contributed by atoms with Crippen molar-refractivity contribution in [3.05, 3.63) is 0 Å². The van der Waals surface area contributed by atoms with Gasteiger partial charge in [-0.2, -0.15) is 0 Å². The zero-order chi connectivity index (χ0) is 14.0. The number of carbonyl (C=O) groups excluding carboxylic acids is 1. The Morgan fingerprint density at radius 3 is 2.68 bits per heavy atom. The molecule has 1 aliphatic carbocycles. The maximum Gasteiger partial charge on any atom is 0.228 e. The Morgan fingerprint density at radius 2 is 2.05 bits per heavy atom. The van der Waals surface area contributed by atoms with Crippen molar-refractivity contribution in [1.29, 1.82) is 0 Å². The predicted octanol–water partition coefficient (Wildman–Crippen LogP) is 4.24. The third-order valence-corrected chi connectivity index (χ3v) is 5.23. The fourth-order valence-electron chi connectivity index (χ4n) is 4.17. The van der Waals surface area contributed by atoms with Gasteiger partial charge in [0.05, 0.1) is 0 Å². The van der Waals surface area contributed by atoms with E-state index in [4.69, 9.17) is 0 Å². The van der Waals surface area contributed by atoms with Gasteiger partial charge in [0.2, 0.25) is 5.91 Å². The smallest absolute Gasteiger partial charge is 0.228 e. The number of nitrogens with zero attached hydrogens (tertiary/aromatic N) is 1. The van der Waals surface area contributed by atoms with Crippen molar-refractivity contribution in [2.24, 2.45) is 17.3 Å². The second kappa shape index (κ2) is 5.85. The molecule has 0 radical (unpaired) electrons. The van der Waals surface area contributed by atoms with E-state index in [1.165, 1.54) is 32.1 Å². The summed E-state index contributed by atoms with van der Waals surface area (Å²) in [6, 6.07) is 0.460. The maximum absolute atomic E-state index is 12.9. The van der Waals surface area contributed by atoms with E-state index in [0.717, 1.165) is 31.2 Å². The molecule has 2 fully saturated rings. The van der Waals surface area contributed by atoms with E-state index in [9.17, 15) is 4.79 Å². The van der Waals surface area contributed by atoms with Crippen LogP contribution in [0.1, 0.15) is 72.6 Å². The fourth-order valence-corrected chi connectivity index (χ4v) is 4.17. The molecule has 2 heteroatoms. The molecule has 19 heavy (non-hydrogen) atoms. The second-order valence-electron chi connectivity index (χ2n) is 7.64. The highest BCUT2D eigenvalue weighted by Gasteiger charge is 2.44. The standard InChI is InChI=1S/C17H31NO/c1-13(2)11-15-8-9-17(4,12-15)16(19)18-10-6-5-7-14(18)3/h13-15H,5-12H2,1-4H3. The lowest BCUT2D eigenvalue weighted by atomic mass is 9.83. The van der Waals surface area contributed by atoms with Gasteiger partial charge in [0.1, 0.15) is 0 Å². The molecule has 0 bridgehead atoms. The van der Waals surface area contributed by atoms with Gasteiger partial charge >= 0.3 is 0 Å². The zero-order valence-corrected chi connectivity index (χ0v) is 13.2. The summed E-state index contributed by atoms with van der Waals surface area (Å²) in [5.74, 6) is 1.98. The average molecular weight is 265 g/mol. The van der Waals surface area contributed by atoms with E-state index >= 15 is 0 Å². The van der Waals surface area contributed by atoms with Gasteiger partial charge in [-0.05, 0) is 63.7 Å². The predicted molar refractivity (Wildman–Crippen MR) is 79.9 cm³/mol. The Bertz CT molecular complexity index is 325. The molecule has 1 saturated carbocycles. The summed E-state index contributed by atoms with van der Waals surface area (Å²) in [4.78, 5) is 15.1. The van der Waals surface area contributed by atoms with E-state index in [2.05, 4.69) is 32.6 Å². The number of carbonyl (C=O) groups is 1. The summed E-state index contributed by atoms with van der Waals surface area (Å²) >= 11 is 0. The number of piperidine rings is 1. The second-order valence-corrected chi connectivity index (χ2v) is 7.64. The van der Waals surface area contributed by atoms with Gasteiger partial charge in [0.15, 0.2) is 0 Å². The van der Waals surface area contributed by atoms with Crippen LogP contribution in [0, 0.1) is 17.3 Å². The highest BCUT2D eigenvalue weighted by molar-refractivity contribution is 5.83. The first-order valence-corrected chi connectivity index (χ1v) is 8.23. The Balaban J connectivity index is 1.98. The van der Waals surface area contributed by atoms with E-state index in [0.29, 0.717) is 11.9 Å². The van der Waals surface area contributed by atoms with Crippen molar-refractivity contribution >= 4 is 5.91 Å². The van der Waals surface area contributed by atoms with Crippen LogP contribution in [0.4, 0.5) is 0 Å². The number of hydrogen-bond donors (Lipinski definition) is 0. The quantitative estimate of drug-likeness (QED) is 0.747. The molecule has 1 amide bonds. The summed E-state index contributed by atoms with van der Waals surface area (Å²) in [5.41, 5.74) is -0.0643. The molecule has 0 aromatic carbocycles. The normalized spacial score (nSPS) is 35.9. The molecular weight excluding hydrogens is 234 g/mol. The molecule has 1 saturated heterocycles. The number of hydrogen-bond acceptors (Lipinski definition) is 1. The van der Waals surface area contributed by atoms with Crippen LogP contribution in [0.15, 0.2) is 0 Å². The number of amides is 1. The molecule has 2 aliphatic rings. The van der Waals surface area contributed by atoms with Crippen molar-refractivity contribution in [1.82, 2.24) is 4.90 Å². The molecule has 0 aromatic heterocycles. The summed E-state index contributed by atoms with van der Waals surface area (Å²) in [6.07, 6.45) is 8.44. The highest BCUT2D eigenvalue weighted by atomic mass is 16.2. The topological polar surface area (TPSA) is 20.3 Å². The van der Waals surface area contributed by atoms with Gasteiger partial charge in [-0.1, -0.05) is 20.8 Å². The lowest BCUT2D eigenvalue weighted by molar-refractivity contribution is -0.144. The van der Waals surface area contributed by atoms with E-state index in [1.807, 2.05) is 0 Å². The molecule has 3 unspecified atom stereocenters. The Morgan fingerprint density at radius 1 is 1.32 bits per heavy atom. The van der Waals surface area contributed by atoms with Gasteiger partial charge in [0.25, 0.3) is 0 Å². The molecule has 1 heterocycles. The molecule has 0 aromatic rings. The van der Waals surface area contributed by atoms with Crippen molar-refractivity contribution in [2.75, 3.05) is 6.54 Å². The molecule has 0 N–H and O–H groups in total. The monoisotopic (exact) mass is 265 g/mol. The molecule has 3 atom stereocenters. The van der Waals surface area contributed by atoms with Crippen LogP contribution in [0.5, 0.6) is 0 Å². The van der Waals surface area contributed by atoms with Crippen LogP contribution in [0.25, 0.3) is 0 Å². The van der Waals surface area contributed by atoms with Crippen molar-refractivity contribution in [3.63, 3.8) is 0 Å². The zero-order valence-electron chi connectivity index (χ0n) is 13.2. The first kappa shape index (κ1) is 14.9. The minimum Gasteiger partial charge on any atom is -0.340 e. The van der Waals surface area contributed by atoms with Gasteiger partial charge in [-0.3, -0.25) is 4.79 Å². The third kappa shape index (κ3) is 3.32. The van der Waals surface area contributed by atoms with Crippen LogP contribution < -0.4 is 0 Å². The van der Waals surface area contributed by atoms with Gasteiger partial charge in [-0.25, -0.2) is 0 Å². The average Bonchev–Trinajstić information content (AvgIpc) is 2.71. The maximum atomic E-state index is 12.9. The van der Waals surface area contributed by atoms with E-state index in [1.54, 1.807) is 0 Å². The Labute approximate surface area is 118 Å². The van der Waals surface area contributed by atoms with Crippen LogP contribution in [-0.2, 0) is 4.79 Å². The fraction of sp³-hybridized carbons (Fsp3) is 0.941. The van der Waals surface area contributed by atoms with Crippen LogP contribution >= 0.6 is 0 Å². The van der Waals surface area contributed by atoms with Crippen LogP contribution in [-0.4, -0.2) is 23.4 Å². The first-order chi connectivity index (χ1) is 8.92. The van der Waals surface area contributed by atoms with E-state index < -0.39 is 0 Å². The minimum absolute atomic E-state index is 0.0643. The van der Waals surface area contributed by atoms with Gasteiger partial charge < -0.3 is 4.90 Å². The number of likely N-dealkylation sites (tertiary alicyclic amines) is 1. The molecule has 2 nitrogen and oxygen atoms in total. The molecule has 110 valence electrons. The Kier molecular flexibility index (Phi) is 4.58. The lowest BCUT2D eigenvalue weighted by Crippen LogP contribution is -2.48. The summed E-state index contributed by atoms with van der Waals surface area (Å²) in [5, 5.41) is 0. The van der Waals surface area contributed by atoms with Crippen LogP contribution in [0.3, 0.4) is 0 Å². The summed E-state index contributed by atoms with van der Waals surface area (Å²) in [6.45, 7) is 10.0. The van der Waals surface area contributed by atoms with Crippen LogP contribution in [0.2, 0.25) is 0 Å². The molecular formula is C17H31NO. The first-order valence-electron chi connectivity index (χ1n) is 8.23. The summed E-state index contributed by atoms with van der Waals surface area (Å²) in [7, 11) is 0. The van der Waals surface area contributed by atoms with Crippen molar-refractivity contribution in [3.8, 4) is 0 Å². The summed E-state index contributed by atoms with van der Waals surface area (Å²) < 4.78 is 0.